The zero-order valence-electron chi connectivity index (χ0n) is 18.3. The molecule has 0 saturated carbocycles. The zero-order valence-corrected chi connectivity index (χ0v) is 18.3. The number of esters is 1. The number of carbonyl (C=O) groups is 4. The third-order valence-corrected chi connectivity index (χ3v) is 4.77. The highest BCUT2D eigenvalue weighted by molar-refractivity contribution is 5.95. The van der Waals surface area contributed by atoms with Gasteiger partial charge >= 0.3 is 12.1 Å². The van der Waals surface area contributed by atoms with Gasteiger partial charge in [0.15, 0.2) is 6.61 Å². The molecule has 9 nitrogen and oxygen atoms in total. The molecular weight excluding hydrogens is 402 g/mol. The van der Waals surface area contributed by atoms with Crippen LogP contribution in [0, 0.1) is 5.92 Å². The first kappa shape index (κ1) is 24.2. The Hall–Kier alpha value is -3.10. The topological polar surface area (TPSA) is 119 Å². The number of primary amides is 1. The molecule has 9 heteroatoms. The van der Waals surface area contributed by atoms with E-state index in [2.05, 4.69) is 0 Å². The van der Waals surface area contributed by atoms with Crippen molar-refractivity contribution in [2.45, 2.75) is 45.6 Å². The van der Waals surface area contributed by atoms with Crippen LogP contribution in [0.15, 0.2) is 30.3 Å². The van der Waals surface area contributed by atoms with Gasteiger partial charge in [0.2, 0.25) is 5.91 Å². The number of nitrogens with two attached hydrogens (primary N) is 1. The third-order valence-electron chi connectivity index (χ3n) is 4.77. The molecule has 170 valence electrons. The molecule has 2 rings (SSSR count). The molecule has 0 aromatic heterocycles. The lowest BCUT2D eigenvalue weighted by molar-refractivity contribution is -0.153. The predicted octanol–water partition coefficient (Wildman–Crippen LogP) is 2.09. The minimum absolute atomic E-state index is 0.00228. The van der Waals surface area contributed by atoms with Gasteiger partial charge in [-0.05, 0) is 45.7 Å². The van der Waals surface area contributed by atoms with Gasteiger partial charge in [-0.3, -0.25) is 14.4 Å². The Kier molecular flexibility index (Phi) is 8.41. The van der Waals surface area contributed by atoms with Crippen molar-refractivity contribution in [3.8, 4) is 0 Å². The van der Waals surface area contributed by atoms with Crippen LogP contribution < -0.4 is 10.6 Å². The van der Waals surface area contributed by atoms with Crippen molar-refractivity contribution < 1.29 is 28.7 Å². The number of anilines is 1. The second-order valence-electron chi connectivity index (χ2n) is 8.45. The molecule has 0 atom stereocenters. The second-order valence-corrected chi connectivity index (χ2v) is 8.45. The first-order chi connectivity index (χ1) is 14.6. The number of piperidine rings is 1. The molecule has 1 fully saturated rings. The summed E-state index contributed by atoms with van der Waals surface area (Å²) in [5, 5.41) is 0. The van der Waals surface area contributed by atoms with Gasteiger partial charge in [-0.1, -0.05) is 18.2 Å². The fraction of sp³-hybridized carbons (Fsp3) is 0.545. The van der Waals surface area contributed by atoms with Gasteiger partial charge in [-0.15, -0.1) is 0 Å². The monoisotopic (exact) mass is 433 g/mol. The fourth-order valence-electron chi connectivity index (χ4n) is 3.18. The molecule has 2 N–H and O–H groups in total. The molecule has 1 aliphatic heterocycles. The van der Waals surface area contributed by atoms with Crippen molar-refractivity contribution in [2.75, 3.05) is 31.1 Å². The van der Waals surface area contributed by atoms with Crippen molar-refractivity contribution in [2.24, 2.45) is 11.7 Å². The van der Waals surface area contributed by atoms with Crippen LogP contribution in [0.1, 0.15) is 40.0 Å². The van der Waals surface area contributed by atoms with Crippen LogP contribution in [-0.2, 0) is 23.9 Å². The highest BCUT2D eigenvalue weighted by atomic mass is 16.6. The number of nitrogens with zero attached hydrogens (tertiary/aromatic N) is 2. The zero-order chi connectivity index (χ0) is 23.0. The summed E-state index contributed by atoms with van der Waals surface area (Å²) in [7, 11) is 0. The molecule has 0 radical (unpaired) electrons. The molecule has 0 unspecified atom stereocenters. The smallest absolute Gasteiger partial charge is 0.410 e. The van der Waals surface area contributed by atoms with Crippen molar-refractivity contribution in [1.82, 2.24) is 4.90 Å². The van der Waals surface area contributed by atoms with E-state index < -0.39 is 36.1 Å². The minimum atomic E-state index is -0.577. The number of hydrogen-bond acceptors (Lipinski definition) is 6. The standard InChI is InChI=1S/C22H31N3O6/c1-22(2,3)31-21(29)24-12-9-16(10-13-24)20(28)30-15-19(27)25(14-11-18(23)26)17-7-5-4-6-8-17/h4-8,16H,9-15H2,1-3H3,(H2,23,26). The fourth-order valence-corrected chi connectivity index (χ4v) is 3.18. The largest absolute Gasteiger partial charge is 0.455 e. The number of amides is 3. The normalized spacial score (nSPS) is 14.6. The average Bonchev–Trinajstić information content (AvgIpc) is 2.71. The van der Waals surface area contributed by atoms with Crippen LogP contribution in [0.3, 0.4) is 0 Å². The Morgan fingerprint density at radius 2 is 1.71 bits per heavy atom. The van der Waals surface area contributed by atoms with Gasteiger partial charge in [0, 0.05) is 31.7 Å². The van der Waals surface area contributed by atoms with Crippen LogP contribution >= 0.6 is 0 Å². The van der Waals surface area contributed by atoms with Crippen LogP contribution in [0.2, 0.25) is 0 Å². The summed E-state index contributed by atoms with van der Waals surface area (Å²) in [5.74, 6) is -1.82. The maximum Gasteiger partial charge on any atom is 0.410 e. The molecule has 31 heavy (non-hydrogen) atoms. The molecule has 1 aliphatic rings. The first-order valence-corrected chi connectivity index (χ1v) is 10.3. The number of hydrogen-bond donors (Lipinski definition) is 1. The van der Waals surface area contributed by atoms with Gasteiger partial charge in [0.05, 0.1) is 5.92 Å². The Morgan fingerprint density at radius 1 is 1.10 bits per heavy atom. The number of para-hydroxylation sites is 1. The summed E-state index contributed by atoms with van der Waals surface area (Å²) < 4.78 is 10.6. The van der Waals surface area contributed by atoms with E-state index in [1.165, 1.54) is 4.90 Å². The molecule has 1 heterocycles. The summed E-state index contributed by atoms with van der Waals surface area (Å²) in [5.41, 5.74) is 5.22. The highest BCUT2D eigenvalue weighted by Crippen LogP contribution is 2.21. The van der Waals surface area contributed by atoms with Crippen LogP contribution in [0.4, 0.5) is 10.5 Å². The SMILES string of the molecule is CC(C)(C)OC(=O)N1CCC(C(=O)OCC(=O)N(CCC(N)=O)c2ccccc2)CC1. The predicted molar refractivity (Wildman–Crippen MR) is 114 cm³/mol. The lowest BCUT2D eigenvalue weighted by Gasteiger charge is -2.32. The maximum absolute atomic E-state index is 12.6. The van der Waals surface area contributed by atoms with Gasteiger partial charge in [0.1, 0.15) is 5.60 Å². The van der Waals surface area contributed by atoms with Gasteiger partial charge in [0.25, 0.3) is 5.91 Å². The van der Waals surface area contributed by atoms with E-state index in [1.807, 2.05) is 6.07 Å². The first-order valence-electron chi connectivity index (χ1n) is 10.3. The number of ether oxygens (including phenoxy) is 2. The van der Waals surface area contributed by atoms with E-state index in [-0.39, 0.29) is 18.9 Å². The van der Waals surface area contributed by atoms with Crippen LogP contribution in [0.5, 0.6) is 0 Å². The van der Waals surface area contributed by atoms with Crippen molar-refractivity contribution >= 4 is 29.6 Å². The van der Waals surface area contributed by atoms with Crippen molar-refractivity contribution in [3.05, 3.63) is 30.3 Å². The maximum atomic E-state index is 12.6. The molecule has 1 aromatic rings. The number of likely N-dealkylation sites (tertiary alicyclic amines) is 1. The molecule has 1 aromatic carbocycles. The van der Waals surface area contributed by atoms with Crippen molar-refractivity contribution in [1.29, 1.82) is 0 Å². The molecule has 0 bridgehead atoms. The minimum Gasteiger partial charge on any atom is -0.455 e. The Morgan fingerprint density at radius 3 is 2.26 bits per heavy atom. The summed E-state index contributed by atoms with van der Waals surface area (Å²) in [6.45, 7) is 5.84. The summed E-state index contributed by atoms with van der Waals surface area (Å²) in [6.07, 6.45) is 0.479. The Balaban J connectivity index is 1.86. The molecular formula is C22H31N3O6. The lowest BCUT2D eigenvalue weighted by Crippen LogP contribution is -2.43. The Bertz CT molecular complexity index is 782. The molecule has 1 saturated heterocycles. The number of rotatable bonds is 7. The molecule has 0 spiro atoms. The number of benzene rings is 1. The van der Waals surface area contributed by atoms with E-state index in [1.54, 1.807) is 49.9 Å². The summed E-state index contributed by atoms with van der Waals surface area (Å²) in [4.78, 5) is 51.3. The quantitative estimate of drug-likeness (QED) is 0.658. The van der Waals surface area contributed by atoms with Gasteiger partial charge < -0.3 is 25.0 Å². The van der Waals surface area contributed by atoms with Crippen LogP contribution in [0.25, 0.3) is 0 Å². The van der Waals surface area contributed by atoms with Gasteiger partial charge in [-0.25, -0.2) is 4.79 Å². The van der Waals surface area contributed by atoms with Crippen molar-refractivity contribution in [3.63, 3.8) is 0 Å². The van der Waals surface area contributed by atoms with E-state index in [9.17, 15) is 19.2 Å². The van der Waals surface area contributed by atoms with E-state index in [4.69, 9.17) is 15.2 Å². The number of carbonyl (C=O) groups excluding carboxylic acids is 4. The van der Waals surface area contributed by atoms with E-state index in [0.29, 0.717) is 31.6 Å². The second kappa shape index (κ2) is 10.8. The lowest BCUT2D eigenvalue weighted by atomic mass is 9.97. The third kappa shape index (κ3) is 7.92. The van der Waals surface area contributed by atoms with E-state index in [0.717, 1.165) is 0 Å². The average molecular weight is 434 g/mol. The summed E-state index contributed by atoms with van der Waals surface area (Å²) >= 11 is 0. The van der Waals surface area contributed by atoms with Crippen LogP contribution in [-0.4, -0.2) is 60.6 Å². The molecule has 0 aliphatic carbocycles. The van der Waals surface area contributed by atoms with Gasteiger partial charge in [-0.2, -0.15) is 0 Å². The molecule has 3 amide bonds. The summed E-state index contributed by atoms with van der Waals surface area (Å²) in [6, 6.07) is 8.80. The van der Waals surface area contributed by atoms with E-state index >= 15 is 0 Å². The highest BCUT2D eigenvalue weighted by Gasteiger charge is 2.31. The Labute approximate surface area is 182 Å².